The van der Waals surface area contributed by atoms with Gasteiger partial charge in [-0.25, -0.2) is 18.3 Å². The van der Waals surface area contributed by atoms with E-state index >= 15 is 0 Å². The molecule has 44 heavy (non-hydrogen) atoms. The van der Waals surface area contributed by atoms with Crippen LogP contribution >= 0.6 is 0 Å². The first-order valence-electron chi connectivity index (χ1n) is 13.9. The summed E-state index contributed by atoms with van der Waals surface area (Å²) in [5.41, 5.74) is 0.134. The molecule has 1 aromatic heterocycles. The molecule has 0 spiro atoms. The van der Waals surface area contributed by atoms with E-state index in [1.54, 1.807) is 18.9 Å². The van der Waals surface area contributed by atoms with Gasteiger partial charge >= 0.3 is 12.1 Å². The average molecular weight is 626 g/mol. The van der Waals surface area contributed by atoms with Gasteiger partial charge in [-0.05, 0) is 56.6 Å². The van der Waals surface area contributed by atoms with Crippen LogP contribution in [0.15, 0.2) is 30.9 Å². The zero-order valence-corrected chi connectivity index (χ0v) is 25.0. The molecule has 0 bridgehead atoms. The number of aliphatic carboxylic acids is 1. The third-order valence-electron chi connectivity index (χ3n) is 6.61. The van der Waals surface area contributed by atoms with Gasteiger partial charge in [0.15, 0.2) is 17.3 Å². The van der Waals surface area contributed by atoms with E-state index < -0.39 is 23.7 Å². The molecule has 14 heteroatoms. The molecule has 1 unspecified atom stereocenters. The zero-order chi connectivity index (χ0) is 32.5. The van der Waals surface area contributed by atoms with Gasteiger partial charge in [0.05, 0.1) is 11.8 Å². The van der Waals surface area contributed by atoms with Gasteiger partial charge in [0.1, 0.15) is 5.69 Å². The number of carbonyl (C=O) groups excluding carboxylic acids is 3. The number of unbranched alkanes of at least 4 members (excludes halogenated alkanes) is 1. The lowest BCUT2D eigenvalue weighted by Gasteiger charge is -2.39. The van der Waals surface area contributed by atoms with Crippen molar-refractivity contribution in [3.63, 3.8) is 0 Å². The Labute approximate surface area is 257 Å². The lowest BCUT2D eigenvalue weighted by atomic mass is 9.90. The molecule has 1 aromatic carbocycles. The second-order valence-corrected chi connectivity index (χ2v) is 10.3. The third kappa shape index (κ3) is 12.4. The van der Waals surface area contributed by atoms with E-state index in [1.165, 1.54) is 6.07 Å². The van der Waals surface area contributed by atoms with Gasteiger partial charge in [-0.15, -0.1) is 5.10 Å². The number of hydrogen-bond acceptors (Lipinski definition) is 9. The highest BCUT2D eigenvalue weighted by atomic mass is 19.1. The highest BCUT2D eigenvalue weighted by molar-refractivity contribution is 5.93. The number of nitrogens with one attached hydrogen (secondary N) is 1. The molecule has 1 amide bonds. The van der Waals surface area contributed by atoms with Crippen LogP contribution in [0.1, 0.15) is 63.6 Å². The molecule has 1 aliphatic heterocycles. The minimum Gasteiger partial charge on any atom is -0.478 e. The topological polar surface area (TPSA) is 164 Å². The summed E-state index contributed by atoms with van der Waals surface area (Å²) < 4.78 is 35.5. The Balaban J connectivity index is 0.00000183. The van der Waals surface area contributed by atoms with Crippen LogP contribution in [-0.2, 0) is 25.5 Å². The van der Waals surface area contributed by atoms with Crippen LogP contribution in [0.4, 0.5) is 8.78 Å². The summed E-state index contributed by atoms with van der Waals surface area (Å²) in [6.07, 6.45) is 2.95. The Hall–Kier alpha value is -3.84. The molecule has 246 valence electrons. The van der Waals surface area contributed by atoms with E-state index in [1.807, 2.05) is 13.8 Å². The van der Waals surface area contributed by atoms with E-state index in [2.05, 4.69) is 22.2 Å². The van der Waals surface area contributed by atoms with Crippen LogP contribution in [-0.4, -0.2) is 93.6 Å². The van der Waals surface area contributed by atoms with Gasteiger partial charge in [-0.3, -0.25) is 4.79 Å². The molecule has 2 heterocycles. The second-order valence-electron chi connectivity index (χ2n) is 10.3. The Morgan fingerprint density at radius 1 is 1.23 bits per heavy atom. The van der Waals surface area contributed by atoms with Gasteiger partial charge < -0.3 is 25.2 Å². The van der Waals surface area contributed by atoms with Crippen molar-refractivity contribution in [2.45, 2.75) is 66.0 Å². The first kappa shape index (κ1) is 40.2. The number of aromatic nitrogens is 3. The zero-order valence-electron chi connectivity index (χ0n) is 25.0. The lowest BCUT2D eigenvalue weighted by molar-refractivity contribution is -0.191. The number of ether oxygens (including phenoxy) is 1. The number of rotatable bonds is 12. The normalized spacial score (nSPS) is 16.2. The Kier molecular flexibility index (Phi) is 19.1. The molecule has 0 radical (unpaired) electrons. The number of aliphatic hydroxyl groups excluding tert-OH is 1. The quantitative estimate of drug-likeness (QED) is 0.236. The number of aliphatic hydroxyl groups is 1. The third-order valence-corrected chi connectivity index (χ3v) is 6.61. The minimum atomic E-state index is -0.981. The monoisotopic (exact) mass is 625 g/mol. The second kappa shape index (κ2) is 21.0. The first-order chi connectivity index (χ1) is 20.4. The van der Waals surface area contributed by atoms with Crippen molar-refractivity contribution in [1.82, 2.24) is 25.2 Å². The molecule has 0 saturated carbocycles. The standard InChI is InChI=1S/C25H37F2N5O3.C3H4O2.CO2.CH4/c1-16(2)15-31(19-12-18(17(3)33)13-28-14-19)25(34)23-22(10-5-6-11-35-4)32(30-29-23)24-20(26)8-7-9-21(24)27;1-2-3(4)5;2-1-3;/h7-9,16-19,28,33H,5-6,10-15H2,1-4H3;2H,1H2,(H,4,5);;1H4/t17?,18-,19+;;;/m1.../s1. The summed E-state index contributed by atoms with van der Waals surface area (Å²) in [7, 11) is 1.61. The number of hydrogen-bond donors (Lipinski definition) is 3. The maximum Gasteiger partial charge on any atom is 0.373 e. The fourth-order valence-electron chi connectivity index (χ4n) is 4.59. The van der Waals surface area contributed by atoms with Crippen molar-refractivity contribution in [3.8, 4) is 5.69 Å². The molecule has 3 N–H and O–H groups in total. The average Bonchev–Trinajstić information content (AvgIpc) is 3.37. The fourth-order valence-corrected chi connectivity index (χ4v) is 4.59. The molecular weight excluding hydrogens is 580 g/mol. The van der Waals surface area contributed by atoms with Crippen molar-refractivity contribution in [2.75, 3.05) is 33.4 Å². The molecule has 3 rings (SSSR count). The Bertz CT molecular complexity index is 1200. The summed E-state index contributed by atoms with van der Waals surface area (Å²) in [6.45, 7) is 11.1. The number of para-hydroxylation sites is 1. The van der Waals surface area contributed by atoms with Crippen LogP contribution in [0.2, 0.25) is 0 Å². The van der Waals surface area contributed by atoms with Crippen molar-refractivity contribution >= 4 is 18.0 Å². The van der Waals surface area contributed by atoms with Crippen molar-refractivity contribution in [3.05, 3.63) is 53.9 Å². The number of methoxy groups -OCH3 is 1. The summed E-state index contributed by atoms with van der Waals surface area (Å²) in [4.78, 5) is 41.2. The number of nitrogens with zero attached hydrogens (tertiary/aromatic N) is 4. The highest BCUT2D eigenvalue weighted by Crippen LogP contribution is 2.25. The summed E-state index contributed by atoms with van der Waals surface area (Å²) in [5.74, 6) is -2.64. The van der Waals surface area contributed by atoms with Crippen LogP contribution in [0.3, 0.4) is 0 Å². The summed E-state index contributed by atoms with van der Waals surface area (Å²) >= 11 is 0. The predicted molar refractivity (Wildman–Crippen MR) is 158 cm³/mol. The maximum absolute atomic E-state index is 14.6. The van der Waals surface area contributed by atoms with E-state index in [-0.39, 0.29) is 48.7 Å². The molecule has 1 fully saturated rings. The molecule has 2 aromatic rings. The number of benzene rings is 1. The number of piperidine rings is 1. The minimum absolute atomic E-state index is 0. The van der Waals surface area contributed by atoms with Gasteiger partial charge in [-0.2, -0.15) is 9.59 Å². The SMILES string of the molecule is C.C=CC(=O)O.COCCCCc1c(C(=O)N(CC(C)C)[C@@H]2CNC[C@H](C(C)O)C2)nnn1-c1c(F)cccc1F.O=C=O. The van der Waals surface area contributed by atoms with Gasteiger partial charge in [0.2, 0.25) is 0 Å². The van der Waals surface area contributed by atoms with Crippen molar-refractivity contribution in [1.29, 1.82) is 0 Å². The maximum atomic E-state index is 14.6. The molecule has 12 nitrogen and oxygen atoms in total. The van der Waals surface area contributed by atoms with Crippen LogP contribution in [0, 0.1) is 23.5 Å². The van der Waals surface area contributed by atoms with E-state index in [0.717, 1.165) is 22.9 Å². The Morgan fingerprint density at radius 3 is 2.32 bits per heavy atom. The Morgan fingerprint density at radius 2 is 1.82 bits per heavy atom. The number of carboxylic acids is 1. The largest absolute Gasteiger partial charge is 0.478 e. The number of carbonyl (C=O) groups is 2. The molecule has 1 aliphatic rings. The van der Waals surface area contributed by atoms with E-state index in [9.17, 15) is 23.5 Å². The molecule has 0 aliphatic carbocycles. The molecule has 1 saturated heterocycles. The predicted octanol–water partition coefficient (Wildman–Crippen LogP) is 3.28. The fraction of sp³-hybridized carbons (Fsp3) is 0.567. The van der Waals surface area contributed by atoms with E-state index in [4.69, 9.17) is 19.4 Å². The van der Waals surface area contributed by atoms with Gasteiger partial charge in [-0.1, -0.05) is 39.1 Å². The number of halogens is 2. The van der Waals surface area contributed by atoms with Crippen molar-refractivity contribution in [2.24, 2.45) is 11.8 Å². The van der Waals surface area contributed by atoms with Crippen LogP contribution < -0.4 is 5.32 Å². The lowest BCUT2D eigenvalue weighted by Crippen LogP contribution is -2.54. The van der Waals surface area contributed by atoms with Crippen LogP contribution in [0.25, 0.3) is 5.69 Å². The van der Waals surface area contributed by atoms with Gasteiger partial charge in [0.25, 0.3) is 5.91 Å². The van der Waals surface area contributed by atoms with E-state index in [0.29, 0.717) is 57.6 Å². The highest BCUT2D eigenvalue weighted by Gasteiger charge is 2.35. The first-order valence-corrected chi connectivity index (χ1v) is 13.9. The summed E-state index contributed by atoms with van der Waals surface area (Å²) in [6, 6.07) is 3.46. The summed E-state index contributed by atoms with van der Waals surface area (Å²) in [5, 5.41) is 29.2. The number of carboxylic acid groups (broad SMARTS) is 1. The van der Waals surface area contributed by atoms with Crippen molar-refractivity contribution < 1.29 is 42.9 Å². The van der Waals surface area contributed by atoms with Crippen LogP contribution in [0.5, 0.6) is 0 Å². The van der Waals surface area contributed by atoms with Gasteiger partial charge in [0, 0.05) is 45.5 Å². The smallest absolute Gasteiger partial charge is 0.373 e. The number of amides is 1. The molecular formula is C30H45F2N5O7. The molecule has 3 atom stereocenters.